The van der Waals surface area contributed by atoms with Crippen molar-refractivity contribution in [2.24, 2.45) is 0 Å². The van der Waals surface area contributed by atoms with Crippen molar-refractivity contribution in [2.45, 2.75) is 97.0 Å². The molecule has 2 heteroatoms. The van der Waals surface area contributed by atoms with Crippen LogP contribution in [0.4, 0.5) is 0 Å². The number of carbonyl (C=O) groups is 1. The van der Waals surface area contributed by atoms with E-state index in [1.807, 2.05) is 0 Å². The standard InChI is InChI=1S/C30H40O2/c1-3-5-7-8-9-11-24-15-19-26(20-16-24)27-21-17-25(18-22-27)12-10-13-28-23-29(14-6-4-2)32-30(28)31/h15-23,29H,3-14H2,1-2H3/t29-/m1/s1. The van der Waals surface area contributed by atoms with E-state index < -0.39 is 0 Å². The van der Waals surface area contributed by atoms with Gasteiger partial charge in [-0.25, -0.2) is 4.79 Å². The van der Waals surface area contributed by atoms with E-state index in [4.69, 9.17) is 4.74 Å². The lowest BCUT2D eigenvalue weighted by molar-refractivity contribution is -0.140. The SMILES string of the molecule is CCCCCCCc1ccc(-c2ccc(CCCC3=C[C@@H](CCCC)OC3=O)cc2)cc1. The Labute approximate surface area is 195 Å². The van der Waals surface area contributed by atoms with Crippen LogP contribution in [-0.2, 0) is 22.4 Å². The number of esters is 1. The summed E-state index contributed by atoms with van der Waals surface area (Å²) in [4.78, 5) is 12.0. The third-order valence-electron chi connectivity index (χ3n) is 6.47. The molecule has 0 aliphatic carbocycles. The van der Waals surface area contributed by atoms with E-state index in [0.29, 0.717) is 0 Å². The first-order valence-corrected chi connectivity index (χ1v) is 12.8. The number of ether oxygens (including phenoxy) is 1. The first kappa shape index (κ1) is 24.3. The van der Waals surface area contributed by atoms with Gasteiger partial charge in [-0.15, -0.1) is 0 Å². The molecule has 0 fully saturated rings. The smallest absolute Gasteiger partial charge is 0.334 e. The Morgan fingerprint density at radius 1 is 0.656 bits per heavy atom. The Kier molecular flexibility index (Phi) is 10.1. The Morgan fingerprint density at radius 3 is 1.81 bits per heavy atom. The van der Waals surface area contributed by atoms with Crippen LogP contribution in [0.25, 0.3) is 11.1 Å². The second-order valence-corrected chi connectivity index (χ2v) is 9.19. The summed E-state index contributed by atoms with van der Waals surface area (Å²) in [6.45, 7) is 4.43. The average Bonchev–Trinajstić information content (AvgIpc) is 3.18. The van der Waals surface area contributed by atoms with Gasteiger partial charge in [-0.05, 0) is 73.3 Å². The molecule has 0 saturated carbocycles. The molecule has 0 bridgehead atoms. The zero-order valence-electron chi connectivity index (χ0n) is 20.1. The van der Waals surface area contributed by atoms with E-state index in [9.17, 15) is 4.79 Å². The van der Waals surface area contributed by atoms with Gasteiger partial charge < -0.3 is 4.74 Å². The van der Waals surface area contributed by atoms with Crippen molar-refractivity contribution in [2.75, 3.05) is 0 Å². The molecular weight excluding hydrogens is 392 g/mol. The van der Waals surface area contributed by atoms with Crippen molar-refractivity contribution in [3.63, 3.8) is 0 Å². The van der Waals surface area contributed by atoms with Crippen LogP contribution in [0.1, 0.15) is 89.2 Å². The Balaban J connectivity index is 1.43. The molecule has 0 amide bonds. The van der Waals surface area contributed by atoms with Crippen LogP contribution in [0.15, 0.2) is 60.2 Å². The fourth-order valence-corrected chi connectivity index (χ4v) is 4.42. The minimum Gasteiger partial charge on any atom is -0.455 e. The molecule has 2 aromatic carbocycles. The van der Waals surface area contributed by atoms with Gasteiger partial charge in [-0.3, -0.25) is 0 Å². The van der Waals surface area contributed by atoms with Gasteiger partial charge in [-0.2, -0.15) is 0 Å². The minimum absolute atomic E-state index is 0.00387. The van der Waals surface area contributed by atoms with E-state index in [1.165, 1.54) is 60.8 Å². The van der Waals surface area contributed by atoms with Gasteiger partial charge in [0.25, 0.3) is 0 Å². The summed E-state index contributed by atoms with van der Waals surface area (Å²) < 4.78 is 5.46. The summed E-state index contributed by atoms with van der Waals surface area (Å²) in [6.07, 6.45) is 15.9. The number of cyclic esters (lactones) is 1. The van der Waals surface area contributed by atoms with Crippen LogP contribution in [0.5, 0.6) is 0 Å². The summed E-state index contributed by atoms with van der Waals surface area (Å²) >= 11 is 0. The highest BCUT2D eigenvalue weighted by atomic mass is 16.5. The molecule has 1 atom stereocenters. The van der Waals surface area contributed by atoms with Gasteiger partial charge in [0.05, 0.1) is 0 Å². The highest BCUT2D eigenvalue weighted by Crippen LogP contribution is 2.24. The maximum absolute atomic E-state index is 12.0. The maximum Gasteiger partial charge on any atom is 0.334 e. The molecule has 0 saturated heterocycles. The van der Waals surface area contributed by atoms with Crippen molar-refractivity contribution in [1.82, 2.24) is 0 Å². The number of unbranched alkanes of at least 4 members (excludes halogenated alkanes) is 5. The predicted molar refractivity (Wildman–Crippen MR) is 135 cm³/mol. The predicted octanol–water partition coefficient (Wildman–Crippen LogP) is 8.23. The van der Waals surface area contributed by atoms with Crippen LogP contribution in [0.2, 0.25) is 0 Å². The molecule has 1 heterocycles. The Hall–Kier alpha value is -2.35. The number of benzene rings is 2. The molecule has 0 aromatic heterocycles. The molecule has 0 N–H and O–H groups in total. The van der Waals surface area contributed by atoms with Crippen molar-refractivity contribution in [1.29, 1.82) is 0 Å². The zero-order valence-corrected chi connectivity index (χ0v) is 20.1. The first-order valence-electron chi connectivity index (χ1n) is 12.8. The lowest BCUT2D eigenvalue weighted by Gasteiger charge is -2.07. The average molecular weight is 433 g/mol. The lowest BCUT2D eigenvalue weighted by Crippen LogP contribution is -2.07. The lowest BCUT2D eigenvalue weighted by atomic mass is 9.98. The molecule has 2 aromatic rings. The highest BCUT2D eigenvalue weighted by molar-refractivity contribution is 5.90. The van der Waals surface area contributed by atoms with Crippen molar-refractivity contribution >= 4 is 5.97 Å². The van der Waals surface area contributed by atoms with E-state index in [1.54, 1.807) is 0 Å². The van der Waals surface area contributed by atoms with Crippen LogP contribution < -0.4 is 0 Å². The van der Waals surface area contributed by atoms with Crippen molar-refractivity contribution in [3.05, 3.63) is 71.3 Å². The molecule has 0 spiro atoms. The molecule has 2 nitrogen and oxygen atoms in total. The highest BCUT2D eigenvalue weighted by Gasteiger charge is 2.24. The molecule has 3 rings (SSSR count). The van der Waals surface area contributed by atoms with E-state index in [0.717, 1.165) is 44.1 Å². The van der Waals surface area contributed by atoms with Gasteiger partial charge in [0.2, 0.25) is 0 Å². The number of rotatable bonds is 14. The van der Waals surface area contributed by atoms with E-state index in [-0.39, 0.29) is 12.1 Å². The second-order valence-electron chi connectivity index (χ2n) is 9.19. The maximum atomic E-state index is 12.0. The molecule has 172 valence electrons. The van der Waals surface area contributed by atoms with E-state index in [2.05, 4.69) is 68.5 Å². The van der Waals surface area contributed by atoms with Gasteiger partial charge in [0.1, 0.15) is 6.10 Å². The normalized spacial score (nSPS) is 15.6. The van der Waals surface area contributed by atoms with E-state index >= 15 is 0 Å². The van der Waals surface area contributed by atoms with Crippen LogP contribution in [0, 0.1) is 0 Å². The minimum atomic E-state index is -0.106. The third-order valence-corrected chi connectivity index (χ3v) is 6.47. The second kappa shape index (κ2) is 13.3. The fourth-order valence-electron chi connectivity index (χ4n) is 4.42. The number of hydrogen-bond acceptors (Lipinski definition) is 2. The molecule has 1 aliphatic rings. The number of hydrogen-bond donors (Lipinski definition) is 0. The van der Waals surface area contributed by atoms with Gasteiger partial charge in [-0.1, -0.05) is 94.5 Å². The molecule has 32 heavy (non-hydrogen) atoms. The van der Waals surface area contributed by atoms with Gasteiger partial charge >= 0.3 is 5.97 Å². The molecule has 0 unspecified atom stereocenters. The summed E-state index contributed by atoms with van der Waals surface area (Å²) in [5.41, 5.74) is 6.19. The van der Waals surface area contributed by atoms with Crippen LogP contribution >= 0.6 is 0 Å². The zero-order chi connectivity index (χ0) is 22.6. The fraction of sp³-hybridized carbons (Fsp3) is 0.500. The largest absolute Gasteiger partial charge is 0.455 e. The van der Waals surface area contributed by atoms with Gasteiger partial charge in [0, 0.05) is 5.57 Å². The number of carbonyl (C=O) groups excluding carboxylic acids is 1. The first-order chi connectivity index (χ1) is 15.7. The van der Waals surface area contributed by atoms with Crippen LogP contribution in [0.3, 0.4) is 0 Å². The Morgan fingerprint density at radius 2 is 1.22 bits per heavy atom. The van der Waals surface area contributed by atoms with Crippen molar-refractivity contribution in [3.8, 4) is 11.1 Å². The van der Waals surface area contributed by atoms with Gasteiger partial charge in [0.15, 0.2) is 0 Å². The summed E-state index contributed by atoms with van der Waals surface area (Å²) in [6, 6.07) is 18.0. The topological polar surface area (TPSA) is 26.3 Å². The number of aryl methyl sites for hydroxylation is 2. The summed E-state index contributed by atoms with van der Waals surface area (Å²) in [7, 11) is 0. The monoisotopic (exact) mass is 432 g/mol. The molecule has 1 aliphatic heterocycles. The Bertz CT molecular complexity index is 845. The third kappa shape index (κ3) is 7.65. The molecule has 0 radical (unpaired) electrons. The molecular formula is C30H40O2. The van der Waals surface area contributed by atoms with Crippen molar-refractivity contribution < 1.29 is 9.53 Å². The quantitative estimate of drug-likeness (QED) is 0.222. The summed E-state index contributed by atoms with van der Waals surface area (Å²) in [5.74, 6) is -0.106. The van der Waals surface area contributed by atoms with Crippen LogP contribution in [-0.4, -0.2) is 12.1 Å². The summed E-state index contributed by atoms with van der Waals surface area (Å²) in [5, 5.41) is 0.